The maximum atomic E-state index is 13.6. The minimum Gasteiger partial charge on any atom is -0.321 e. The topological polar surface area (TPSA) is 100 Å². The van der Waals surface area contributed by atoms with E-state index in [1.807, 2.05) is 104 Å². The van der Waals surface area contributed by atoms with Gasteiger partial charge in [0.2, 0.25) is 5.91 Å². The molecule has 0 bridgehead atoms. The summed E-state index contributed by atoms with van der Waals surface area (Å²) >= 11 is 2.80. The number of carbonyl (C=O) groups excluding carboxylic acids is 3. The third-order valence-electron chi connectivity index (χ3n) is 7.16. The van der Waals surface area contributed by atoms with Gasteiger partial charge in [-0.3, -0.25) is 14.4 Å². The molecule has 5 aromatic carbocycles. The van der Waals surface area contributed by atoms with Gasteiger partial charge >= 0.3 is 0 Å². The SMILES string of the molecule is CC(Sc1cccc(NC(=O)/C(=C\c2ccc(-c3ccccc3)cc2)NC(=O)c2ccccc2)c1)C(=O)Nc1nc2ccccc2s1. The molecule has 6 aromatic rings. The van der Waals surface area contributed by atoms with E-state index in [2.05, 4.69) is 20.9 Å². The van der Waals surface area contributed by atoms with Crippen LogP contribution in [0.1, 0.15) is 22.8 Å². The Balaban J connectivity index is 1.16. The zero-order valence-electron chi connectivity index (χ0n) is 25.3. The first kappa shape index (κ1) is 31.5. The van der Waals surface area contributed by atoms with Crippen LogP contribution in [-0.4, -0.2) is 28.0 Å². The van der Waals surface area contributed by atoms with Gasteiger partial charge < -0.3 is 16.0 Å². The third-order valence-corrected chi connectivity index (χ3v) is 9.20. The molecule has 3 N–H and O–H groups in total. The Hall–Kier alpha value is -5.51. The monoisotopic (exact) mass is 654 g/mol. The summed E-state index contributed by atoms with van der Waals surface area (Å²) in [7, 11) is 0. The molecule has 0 aliphatic carbocycles. The third kappa shape index (κ3) is 8.21. The van der Waals surface area contributed by atoms with E-state index in [1.165, 1.54) is 23.1 Å². The van der Waals surface area contributed by atoms with Crippen LogP contribution in [0.25, 0.3) is 27.4 Å². The fraction of sp³-hybridized carbons (Fsp3) is 0.0526. The quantitative estimate of drug-likeness (QED) is 0.102. The molecule has 0 spiro atoms. The van der Waals surface area contributed by atoms with E-state index in [0.717, 1.165) is 31.8 Å². The minimum absolute atomic E-state index is 0.0907. The number of rotatable bonds is 10. The van der Waals surface area contributed by atoms with Crippen molar-refractivity contribution in [3.63, 3.8) is 0 Å². The Morgan fingerprint density at radius 2 is 1.43 bits per heavy atom. The molecule has 0 fully saturated rings. The molecular formula is C38H30N4O3S2. The summed E-state index contributed by atoms with van der Waals surface area (Å²) in [6.07, 6.45) is 1.65. The van der Waals surface area contributed by atoms with Crippen molar-refractivity contribution in [3.05, 3.63) is 150 Å². The molecule has 232 valence electrons. The fourth-order valence-corrected chi connectivity index (χ4v) is 6.54. The van der Waals surface area contributed by atoms with Crippen LogP contribution in [-0.2, 0) is 9.59 Å². The molecule has 1 heterocycles. The van der Waals surface area contributed by atoms with E-state index < -0.39 is 17.1 Å². The number of nitrogens with one attached hydrogen (secondary N) is 3. The van der Waals surface area contributed by atoms with E-state index in [9.17, 15) is 14.4 Å². The van der Waals surface area contributed by atoms with Gasteiger partial charge in [0, 0.05) is 16.1 Å². The number of carbonyl (C=O) groups is 3. The van der Waals surface area contributed by atoms with Crippen molar-refractivity contribution in [2.75, 3.05) is 10.6 Å². The van der Waals surface area contributed by atoms with Crippen molar-refractivity contribution in [2.45, 2.75) is 17.1 Å². The molecule has 47 heavy (non-hydrogen) atoms. The van der Waals surface area contributed by atoms with Gasteiger partial charge in [-0.05, 0) is 72.2 Å². The van der Waals surface area contributed by atoms with Crippen LogP contribution in [0, 0.1) is 0 Å². The molecule has 7 nitrogen and oxygen atoms in total. The average molecular weight is 655 g/mol. The number of nitrogens with zero attached hydrogens (tertiary/aromatic N) is 1. The molecule has 1 aromatic heterocycles. The van der Waals surface area contributed by atoms with Crippen LogP contribution in [0.2, 0.25) is 0 Å². The predicted molar refractivity (Wildman–Crippen MR) is 192 cm³/mol. The number of amides is 3. The zero-order chi connectivity index (χ0) is 32.6. The first-order chi connectivity index (χ1) is 22.9. The van der Waals surface area contributed by atoms with Crippen molar-refractivity contribution in [2.24, 2.45) is 0 Å². The molecule has 6 rings (SSSR count). The van der Waals surface area contributed by atoms with E-state index in [4.69, 9.17) is 0 Å². The van der Waals surface area contributed by atoms with Gasteiger partial charge in [0.25, 0.3) is 11.8 Å². The number of aromatic nitrogens is 1. The number of hydrogen-bond acceptors (Lipinski definition) is 6. The van der Waals surface area contributed by atoms with Gasteiger partial charge in [-0.25, -0.2) is 4.98 Å². The van der Waals surface area contributed by atoms with Crippen LogP contribution >= 0.6 is 23.1 Å². The lowest BCUT2D eigenvalue weighted by Gasteiger charge is -2.14. The number of para-hydroxylation sites is 1. The van der Waals surface area contributed by atoms with Crippen molar-refractivity contribution >= 4 is 67.9 Å². The van der Waals surface area contributed by atoms with Crippen LogP contribution in [0.4, 0.5) is 10.8 Å². The Bertz CT molecular complexity index is 2030. The predicted octanol–water partition coefficient (Wildman–Crippen LogP) is 8.49. The normalized spacial score (nSPS) is 11.9. The highest BCUT2D eigenvalue weighted by molar-refractivity contribution is 8.00. The van der Waals surface area contributed by atoms with Crippen LogP contribution in [0.15, 0.2) is 144 Å². The van der Waals surface area contributed by atoms with Crippen LogP contribution in [0.5, 0.6) is 0 Å². The summed E-state index contributed by atoms with van der Waals surface area (Å²) in [6, 6.07) is 41.5. The van der Waals surface area contributed by atoms with Gasteiger partial charge in [0.05, 0.1) is 15.5 Å². The van der Waals surface area contributed by atoms with E-state index in [-0.39, 0.29) is 11.6 Å². The first-order valence-corrected chi connectivity index (χ1v) is 16.6. The lowest BCUT2D eigenvalue weighted by molar-refractivity contribution is -0.115. The molecule has 3 amide bonds. The standard InChI is InChI=1S/C38H30N4O3S2/c1-25(35(43)42-38-41-32-17-8-9-18-34(32)47-38)46-31-16-10-15-30(24-31)39-37(45)33(40-36(44)29-13-6-3-7-14-29)23-26-19-21-28(22-20-26)27-11-4-2-5-12-27/h2-25H,1H3,(H,39,45)(H,40,44)(H,41,42,43)/b33-23+. The highest BCUT2D eigenvalue weighted by Crippen LogP contribution is 2.29. The number of fused-ring (bicyclic) bond motifs is 1. The summed E-state index contributed by atoms with van der Waals surface area (Å²) in [5.41, 5.74) is 4.77. The maximum absolute atomic E-state index is 13.6. The van der Waals surface area contributed by atoms with Crippen LogP contribution in [0.3, 0.4) is 0 Å². The molecule has 0 aliphatic rings. The van der Waals surface area contributed by atoms with Crippen molar-refractivity contribution in [3.8, 4) is 11.1 Å². The zero-order valence-corrected chi connectivity index (χ0v) is 27.0. The summed E-state index contributed by atoms with van der Waals surface area (Å²) in [6.45, 7) is 1.82. The number of benzene rings is 5. The van der Waals surface area contributed by atoms with Gasteiger partial charge in [0.1, 0.15) is 5.70 Å². The number of hydrogen-bond donors (Lipinski definition) is 3. The smallest absolute Gasteiger partial charge is 0.272 e. The number of thiazole rings is 1. The van der Waals surface area contributed by atoms with Gasteiger partial charge in [-0.2, -0.15) is 0 Å². The molecule has 0 saturated heterocycles. The number of anilines is 2. The number of thioether (sulfide) groups is 1. The highest BCUT2D eigenvalue weighted by Gasteiger charge is 2.18. The van der Waals surface area contributed by atoms with E-state index >= 15 is 0 Å². The van der Waals surface area contributed by atoms with E-state index in [0.29, 0.717) is 16.4 Å². The Morgan fingerprint density at radius 3 is 2.17 bits per heavy atom. The Morgan fingerprint density at radius 1 is 0.745 bits per heavy atom. The molecule has 0 aliphatic heterocycles. The fourth-order valence-electron chi connectivity index (χ4n) is 4.75. The van der Waals surface area contributed by atoms with Crippen molar-refractivity contribution in [1.29, 1.82) is 0 Å². The Labute approximate surface area is 280 Å². The molecule has 1 unspecified atom stereocenters. The van der Waals surface area contributed by atoms with E-state index in [1.54, 1.807) is 42.5 Å². The molecule has 0 radical (unpaired) electrons. The lowest BCUT2D eigenvalue weighted by atomic mass is 10.0. The maximum Gasteiger partial charge on any atom is 0.272 e. The minimum atomic E-state index is -0.481. The highest BCUT2D eigenvalue weighted by atomic mass is 32.2. The second-order valence-corrected chi connectivity index (χ2v) is 13.0. The second-order valence-electron chi connectivity index (χ2n) is 10.6. The average Bonchev–Trinajstić information content (AvgIpc) is 3.51. The van der Waals surface area contributed by atoms with Crippen molar-refractivity contribution in [1.82, 2.24) is 10.3 Å². The summed E-state index contributed by atoms with van der Waals surface area (Å²) in [4.78, 5) is 44.9. The van der Waals surface area contributed by atoms with Gasteiger partial charge in [0.15, 0.2) is 5.13 Å². The summed E-state index contributed by atoms with van der Waals surface area (Å²) in [5.74, 6) is -1.05. The van der Waals surface area contributed by atoms with Crippen molar-refractivity contribution < 1.29 is 14.4 Å². The van der Waals surface area contributed by atoms with Crippen LogP contribution < -0.4 is 16.0 Å². The van der Waals surface area contributed by atoms with Gasteiger partial charge in [-0.15, -0.1) is 11.8 Å². The summed E-state index contributed by atoms with van der Waals surface area (Å²) < 4.78 is 1.00. The molecule has 0 saturated carbocycles. The molecule has 1 atom stereocenters. The first-order valence-electron chi connectivity index (χ1n) is 14.9. The molecular weight excluding hydrogens is 625 g/mol. The second kappa shape index (κ2) is 14.7. The largest absolute Gasteiger partial charge is 0.321 e. The Kier molecular flexibility index (Phi) is 9.86. The summed E-state index contributed by atoms with van der Waals surface area (Å²) in [5, 5.41) is 8.74. The van der Waals surface area contributed by atoms with Gasteiger partial charge in [-0.1, -0.05) is 102 Å². The lowest BCUT2D eigenvalue weighted by Crippen LogP contribution is -2.30. The molecule has 9 heteroatoms.